The van der Waals surface area contributed by atoms with Crippen molar-refractivity contribution in [2.24, 2.45) is 5.92 Å². The van der Waals surface area contributed by atoms with Crippen molar-refractivity contribution in [1.29, 1.82) is 0 Å². The van der Waals surface area contributed by atoms with Crippen molar-refractivity contribution in [3.8, 4) is 0 Å². The Hall–Kier alpha value is -0.740. The van der Waals surface area contributed by atoms with Crippen LogP contribution < -0.4 is 0 Å². The zero-order valence-electron chi connectivity index (χ0n) is 13.1. The fourth-order valence-electron chi connectivity index (χ4n) is 1.67. The van der Waals surface area contributed by atoms with Crippen LogP contribution in [0, 0.1) is 5.92 Å². The number of carbonyl (C=O) groups excluding carboxylic acids is 1. The molecule has 4 nitrogen and oxygen atoms in total. The summed E-state index contributed by atoms with van der Waals surface area (Å²) in [4.78, 5) is 13.3. The van der Waals surface area contributed by atoms with Gasteiger partial charge in [0.2, 0.25) is 0 Å². The monoisotopic (exact) mass is 305 g/mol. The first-order valence-electron chi connectivity index (χ1n) is 7.05. The number of alkyl halides is 1. The van der Waals surface area contributed by atoms with E-state index in [1.165, 1.54) is 4.90 Å². The van der Waals surface area contributed by atoms with Gasteiger partial charge in [-0.15, -0.1) is 18.2 Å². The molecule has 0 unspecified atom stereocenters. The van der Waals surface area contributed by atoms with Crippen molar-refractivity contribution in [2.45, 2.75) is 58.8 Å². The lowest BCUT2D eigenvalue weighted by Crippen LogP contribution is -2.45. The third-order valence-electron chi connectivity index (χ3n) is 2.85. The van der Waals surface area contributed by atoms with E-state index in [4.69, 9.17) is 16.3 Å². The van der Waals surface area contributed by atoms with Crippen LogP contribution in [-0.4, -0.2) is 40.4 Å². The number of allylic oxidation sites excluding steroid dienone is 1. The Bertz CT molecular complexity index is 302. The Morgan fingerprint density at radius 3 is 2.50 bits per heavy atom. The number of hydrogen-bond donors (Lipinski definition) is 1. The fourth-order valence-corrected chi connectivity index (χ4v) is 1.84. The van der Waals surface area contributed by atoms with Crippen LogP contribution in [0.2, 0.25) is 0 Å². The average Bonchev–Trinajstić information content (AvgIpc) is 2.33. The number of aliphatic hydroxyl groups is 1. The van der Waals surface area contributed by atoms with Crippen LogP contribution in [0.5, 0.6) is 0 Å². The van der Waals surface area contributed by atoms with Gasteiger partial charge in [0.1, 0.15) is 11.8 Å². The molecule has 0 fully saturated rings. The van der Waals surface area contributed by atoms with Crippen LogP contribution in [-0.2, 0) is 4.74 Å². The van der Waals surface area contributed by atoms with E-state index in [9.17, 15) is 9.90 Å². The van der Waals surface area contributed by atoms with E-state index in [1.807, 2.05) is 6.08 Å². The first-order valence-corrected chi connectivity index (χ1v) is 7.59. The van der Waals surface area contributed by atoms with E-state index < -0.39 is 17.9 Å². The highest BCUT2D eigenvalue weighted by atomic mass is 35.5. The number of nitrogens with zero attached hydrogens (tertiary/aromatic N) is 1. The van der Waals surface area contributed by atoms with E-state index in [1.54, 1.807) is 20.8 Å². The second-order valence-corrected chi connectivity index (χ2v) is 6.38. The molecule has 0 aliphatic heterocycles. The van der Waals surface area contributed by atoms with E-state index in [0.29, 0.717) is 12.5 Å². The lowest BCUT2D eigenvalue weighted by atomic mass is 10.0. The molecule has 5 heteroatoms. The van der Waals surface area contributed by atoms with E-state index in [2.05, 4.69) is 13.5 Å². The number of halogens is 1. The summed E-state index contributed by atoms with van der Waals surface area (Å²) in [6, 6.07) is 0. The highest BCUT2D eigenvalue weighted by Crippen LogP contribution is 2.16. The van der Waals surface area contributed by atoms with E-state index in [0.717, 1.165) is 19.3 Å². The molecule has 20 heavy (non-hydrogen) atoms. The largest absolute Gasteiger partial charge is 0.444 e. The minimum atomic E-state index is -1.02. The topological polar surface area (TPSA) is 49.8 Å². The maximum absolute atomic E-state index is 12.1. The molecule has 0 aromatic heterocycles. The van der Waals surface area contributed by atoms with Gasteiger partial charge in [-0.1, -0.05) is 13.0 Å². The normalized spacial score (nSPS) is 14.5. The second kappa shape index (κ2) is 9.24. The average molecular weight is 306 g/mol. The number of carbonyl (C=O) groups is 1. The first-order chi connectivity index (χ1) is 9.21. The van der Waals surface area contributed by atoms with Crippen LogP contribution in [0.25, 0.3) is 0 Å². The number of rotatable bonds is 8. The zero-order chi connectivity index (χ0) is 15.8. The maximum atomic E-state index is 12.1. The van der Waals surface area contributed by atoms with Gasteiger partial charge in [-0.3, -0.25) is 4.90 Å². The fraction of sp³-hybridized carbons (Fsp3) is 0.800. The highest BCUT2D eigenvalue weighted by molar-refractivity contribution is 6.18. The van der Waals surface area contributed by atoms with Gasteiger partial charge in [0.05, 0.1) is 5.88 Å². The van der Waals surface area contributed by atoms with Crippen LogP contribution >= 0.6 is 11.6 Å². The Labute approximate surface area is 127 Å². The van der Waals surface area contributed by atoms with Crippen molar-refractivity contribution >= 4 is 17.7 Å². The van der Waals surface area contributed by atoms with Gasteiger partial charge in [0.15, 0.2) is 0 Å². The van der Waals surface area contributed by atoms with Crippen molar-refractivity contribution in [2.75, 3.05) is 12.4 Å². The number of amides is 1. The third-order valence-corrected chi connectivity index (χ3v) is 3.13. The molecule has 0 heterocycles. The summed E-state index contributed by atoms with van der Waals surface area (Å²) in [5.74, 6) is 0.417. The van der Waals surface area contributed by atoms with E-state index >= 15 is 0 Å². The minimum Gasteiger partial charge on any atom is -0.444 e. The number of aliphatic hydroxyl groups excluding tert-OH is 1. The molecule has 0 radical (unpaired) electrons. The lowest BCUT2D eigenvalue weighted by Gasteiger charge is -2.30. The Kier molecular flexibility index (Phi) is 8.90. The SMILES string of the molecule is C=CCC[C@H](C)CCN(C(=O)OC(C)(C)C)[C@@H](O)CCl. The molecule has 0 aliphatic rings. The summed E-state index contributed by atoms with van der Waals surface area (Å²) in [5, 5.41) is 9.85. The van der Waals surface area contributed by atoms with Crippen molar-refractivity contribution in [1.82, 2.24) is 4.90 Å². The predicted molar refractivity (Wildman–Crippen MR) is 82.9 cm³/mol. The van der Waals surface area contributed by atoms with E-state index in [-0.39, 0.29) is 5.88 Å². The Morgan fingerprint density at radius 1 is 1.45 bits per heavy atom. The zero-order valence-corrected chi connectivity index (χ0v) is 13.8. The molecule has 0 rings (SSSR count). The van der Waals surface area contributed by atoms with Gasteiger partial charge in [-0.2, -0.15) is 0 Å². The number of hydrogen-bond acceptors (Lipinski definition) is 3. The summed E-state index contributed by atoms with van der Waals surface area (Å²) < 4.78 is 5.29. The van der Waals surface area contributed by atoms with Crippen LogP contribution in [0.15, 0.2) is 12.7 Å². The molecule has 0 spiro atoms. The molecule has 0 aromatic rings. The van der Waals surface area contributed by atoms with Gasteiger partial charge >= 0.3 is 6.09 Å². The maximum Gasteiger partial charge on any atom is 0.412 e. The molecule has 0 aliphatic carbocycles. The molecule has 2 atom stereocenters. The summed E-state index contributed by atoms with van der Waals surface area (Å²) in [7, 11) is 0. The highest BCUT2D eigenvalue weighted by Gasteiger charge is 2.26. The first kappa shape index (κ1) is 19.3. The summed E-state index contributed by atoms with van der Waals surface area (Å²) in [5.41, 5.74) is -0.587. The second-order valence-electron chi connectivity index (χ2n) is 6.07. The molecule has 0 saturated carbocycles. The number of ether oxygens (including phenoxy) is 1. The van der Waals surface area contributed by atoms with Crippen molar-refractivity contribution in [3.63, 3.8) is 0 Å². The lowest BCUT2D eigenvalue weighted by molar-refractivity contribution is -0.0233. The molecule has 0 saturated heterocycles. The molecular weight excluding hydrogens is 278 g/mol. The minimum absolute atomic E-state index is 0.0275. The summed E-state index contributed by atoms with van der Waals surface area (Å²) in [6.07, 6.45) is 3.10. The molecule has 1 N–H and O–H groups in total. The summed E-state index contributed by atoms with van der Waals surface area (Å²) >= 11 is 5.65. The molecule has 118 valence electrons. The van der Waals surface area contributed by atoms with Gasteiger partial charge in [-0.05, 0) is 46.0 Å². The third kappa shape index (κ3) is 8.43. The van der Waals surface area contributed by atoms with Crippen molar-refractivity contribution < 1.29 is 14.6 Å². The predicted octanol–water partition coefficient (Wildman–Crippen LogP) is 3.77. The molecular formula is C15H28ClNO3. The van der Waals surface area contributed by atoms with Gasteiger partial charge in [-0.25, -0.2) is 4.79 Å². The quantitative estimate of drug-likeness (QED) is 0.422. The smallest absolute Gasteiger partial charge is 0.412 e. The standard InChI is InChI=1S/C15H28ClNO3/c1-6-7-8-12(2)9-10-17(13(18)11-16)14(19)20-15(3,4)5/h6,12-13,18H,1,7-11H2,2-5H3/t12-,13-/m0/s1. The van der Waals surface area contributed by atoms with Crippen molar-refractivity contribution in [3.05, 3.63) is 12.7 Å². The van der Waals surface area contributed by atoms with Crippen LogP contribution in [0.3, 0.4) is 0 Å². The Morgan fingerprint density at radius 2 is 2.05 bits per heavy atom. The van der Waals surface area contributed by atoms with Gasteiger partial charge in [0.25, 0.3) is 0 Å². The van der Waals surface area contributed by atoms with Gasteiger partial charge < -0.3 is 9.84 Å². The molecule has 0 aromatic carbocycles. The molecule has 0 bridgehead atoms. The van der Waals surface area contributed by atoms with Crippen LogP contribution in [0.1, 0.15) is 47.0 Å². The van der Waals surface area contributed by atoms with Gasteiger partial charge in [0, 0.05) is 6.54 Å². The molecule has 1 amide bonds. The van der Waals surface area contributed by atoms with Crippen LogP contribution in [0.4, 0.5) is 4.79 Å². The summed E-state index contributed by atoms with van der Waals surface area (Å²) in [6.45, 7) is 11.6. The Balaban J connectivity index is 4.49.